The van der Waals surface area contributed by atoms with Crippen LogP contribution in [0.4, 0.5) is 5.69 Å². The molecule has 1 aliphatic heterocycles. The Morgan fingerprint density at radius 2 is 1.77 bits per heavy atom. The van der Waals surface area contributed by atoms with Crippen LogP contribution in [0.15, 0.2) is 60.7 Å². The number of hydrogen-bond acceptors (Lipinski definition) is 3. The molecule has 26 heavy (non-hydrogen) atoms. The average molecular weight is 346 g/mol. The molecule has 4 rings (SSSR count). The van der Waals surface area contributed by atoms with Crippen LogP contribution in [-0.2, 0) is 12.8 Å². The average Bonchev–Trinajstić information content (AvgIpc) is 2.72. The number of ether oxygens (including phenoxy) is 1. The van der Waals surface area contributed by atoms with E-state index >= 15 is 0 Å². The first-order valence-corrected chi connectivity index (χ1v) is 9.44. The minimum absolute atomic E-state index is 0.922. The van der Waals surface area contributed by atoms with E-state index in [4.69, 9.17) is 4.74 Å². The molecule has 1 saturated heterocycles. The maximum Gasteiger partial charge on any atom is 0.119 e. The highest BCUT2D eigenvalue weighted by atomic mass is 16.5. The second-order valence-corrected chi connectivity index (χ2v) is 6.91. The Morgan fingerprint density at radius 3 is 2.62 bits per heavy atom. The van der Waals surface area contributed by atoms with Gasteiger partial charge in [-0.05, 0) is 59.0 Å². The zero-order valence-electron chi connectivity index (χ0n) is 15.4. The van der Waals surface area contributed by atoms with Crippen LogP contribution < -0.4 is 15.0 Å². The summed E-state index contributed by atoms with van der Waals surface area (Å²) in [5.74, 6) is 0.922. The molecule has 134 valence electrons. The normalized spacial score (nSPS) is 14.6. The summed E-state index contributed by atoms with van der Waals surface area (Å²) >= 11 is 0. The molecule has 1 aliphatic rings. The van der Waals surface area contributed by atoms with Crippen LogP contribution in [0.1, 0.15) is 11.1 Å². The summed E-state index contributed by atoms with van der Waals surface area (Å²) in [6.07, 6.45) is 2.09. The van der Waals surface area contributed by atoms with Crippen molar-refractivity contribution in [1.82, 2.24) is 5.32 Å². The largest absolute Gasteiger partial charge is 0.497 e. The molecule has 3 nitrogen and oxygen atoms in total. The molecular weight excluding hydrogens is 320 g/mol. The van der Waals surface area contributed by atoms with Crippen molar-refractivity contribution in [3.63, 3.8) is 0 Å². The summed E-state index contributed by atoms with van der Waals surface area (Å²) in [6, 6.07) is 21.9. The van der Waals surface area contributed by atoms with Crippen molar-refractivity contribution in [3.8, 4) is 5.75 Å². The molecule has 0 amide bonds. The predicted molar refractivity (Wildman–Crippen MR) is 109 cm³/mol. The summed E-state index contributed by atoms with van der Waals surface area (Å²) in [5, 5.41) is 5.99. The van der Waals surface area contributed by atoms with Crippen molar-refractivity contribution in [2.45, 2.75) is 12.8 Å². The topological polar surface area (TPSA) is 24.5 Å². The van der Waals surface area contributed by atoms with Crippen molar-refractivity contribution in [2.24, 2.45) is 0 Å². The molecule has 0 spiro atoms. The van der Waals surface area contributed by atoms with Gasteiger partial charge in [-0.1, -0.05) is 36.4 Å². The van der Waals surface area contributed by atoms with Crippen LogP contribution >= 0.6 is 0 Å². The summed E-state index contributed by atoms with van der Waals surface area (Å²) in [4.78, 5) is 2.47. The van der Waals surface area contributed by atoms with Gasteiger partial charge in [-0.2, -0.15) is 0 Å². The Kier molecular flexibility index (Phi) is 5.07. The van der Waals surface area contributed by atoms with Gasteiger partial charge in [0.15, 0.2) is 0 Å². The maximum atomic E-state index is 5.41. The lowest BCUT2D eigenvalue weighted by molar-refractivity contribution is 0.415. The molecule has 1 N–H and O–H groups in total. The smallest absolute Gasteiger partial charge is 0.119 e. The molecule has 0 radical (unpaired) electrons. The highest BCUT2D eigenvalue weighted by molar-refractivity contribution is 5.87. The highest BCUT2D eigenvalue weighted by Crippen LogP contribution is 2.25. The molecule has 1 heterocycles. The van der Waals surface area contributed by atoms with Gasteiger partial charge in [-0.25, -0.2) is 0 Å². The molecule has 0 atom stereocenters. The summed E-state index contributed by atoms with van der Waals surface area (Å²) in [7, 11) is 1.73. The van der Waals surface area contributed by atoms with Crippen LogP contribution in [0.2, 0.25) is 0 Å². The van der Waals surface area contributed by atoms with Crippen LogP contribution in [0.25, 0.3) is 10.8 Å². The lowest BCUT2D eigenvalue weighted by Crippen LogP contribution is -2.43. The van der Waals surface area contributed by atoms with Crippen LogP contribution in [0, 0.1) is 0 Å². The number of anilines is 1. The van der Waals surface area contributed by atoms with Gasteiger partial charge < -0.3 is 15.0 Å². The van der Waals surface area contributed by atoms with E-state index in [1.165, 1.54) is 27.6 Å². The van der Waals surface area contributed by atoms with Gasteiger partial charge in [-0.15, -0.1) is 0 Å². The summed E-state index contributed by atoms with van der Waals surface area (Å²) in [5.41, 5.74) is 4.14. The summed E-state index contributed by atoms with van der Waals surface area (Å²) in [6.45, 7) is 4.32. The molecule has 0 saturated carbocycles. The predicted octanol–water partition coefficient (Wildman–Crippen LogP) is 4.04. The lowest BCUT2D eigenvalue weighted by atomic mass is 9.98. The molecule has 0 bridgehead atoms. The Morgan fingerprint density at radius 1 is 0.923 bits per heavy atom. The fourth-order valence-electron chi connectivity index (χ4n) is 3.77. The standard InChI is InChI=1S/C23H26N2O/c1-26-22-11-10-20-6-3-5-19(23(20)17-22)9-8-18-4-2-7-21(16-18)25-14-12-24-13-15-25/h2-7,10-11,16-17,24H,8-9,12-15H2,1H3. The fourth-order valence-corrected chi connectivity index (χ4v) is 3.77. The van der Waals surface area contributed by atoms with Gasteiger partial charge in [0, 0.05) is 31.9 Å². The number of nitrogens with one attached hydrogen (secondary N) is 1. The van der Waals surface area contributed by atoms with Crippen LogP contribution in [-0.4, -0.2) is 33.3 Å². The third-order valence-electron chi connectivity index (χ3n) is 5.26. The van der Waals surface area contributed by atoms with E-state index in [2.05, 4.69) is 64.8 Å². The number of piperazine rings is 1. The van der Waals surface area contributed by atoms with E-state index in [-0.39, 0.29) is 0 Å². The van der Waals surface area contributed by atoms with Gasteiger partial charge in [0.05, 0.1) is 7.11 Å². The second kappa shape index (κ2) is 7.79. The van der Waals surface area contributed by atoms with Gasteiger partial charge in [-0.3, -0.25) is 0 Å². The summed E-state index contributed by atoms with van der Waals surface area (Å²) < 4.78 is 5.41. The Balaban J connectivity index is 1.53. The monoisotopic (exact) mass is 346 g/mol. The lowest BCUT2D eigenvalue weighted by Gasteiger charge is -2.29. The third kappa shape index (κ3) is 3.68. The van der Waals surface area contributed by atoms with E-state index in [0.29, 0.717) is 0 Å². The van der Waals surface area contributed by atoms with Crippen molar-refractivity contribution >= 4 is 16.5 Å². The SMILES string of the molecule is COc1ccc2cccc(CCc3cccc(N4CCNCC4)c3)c2c1. The molecule has 0 aromatic heterocycles. The molecular formula is C23H26N2O. The number of methoxy groups -OCH3 is 1. The molecule has 3 aromatic rings. The number of aryl methyl sites for hydroxylation is 2. The van der Waals surface area contributed by atoms with E-state index in [1.54, 1.807) is 7.11 Å². The number of benzene rings is 3. The first-order chi connectivity index (χ1) is 12.8. The Bertz CT molecular complexity index is 884. The molecule has 1 fully saturated rings. The van der Waals surface area contributed by atoms with Crippen molar-refractivity contribution in [1.29, 1.82) is 0 Å². The van der Waals surface area contributed by atoms with Crippen molar-refractivity contribution in [2.75, 3.05) is 38.2 Å². The highest BCUT2D eigenvalue weighted by Gasteiger charge is 2.11. The molecule has 0 aliphatic carbocycles. The zero-order valence-corrected chi connectivity index (χ0v) is 15.4. The first-order valence-electron chi connectivity index (χ1n) is 9.44. The molecule has 0 unspecified atom stereocenters. The van der Waals surface area contributed by atoms with Crippen LogP contribution in [0.3, 0.4) is 0 Å². The van der Waals surface area contributed by atoms with Gasteiger partial charge in [0.2, 0.25) is 0 Å². The van der Waals surface area contributed by atoms with E-state index in [1.807, 2.05) is 6.07 Å². The van der Waals surface area contributed by atoms with Crippen molar-refractivity contribution in [3.05, 3.63) is 71.8 Å². The molecule has 3 heteroatoms. The number of rotatable bonds is 5. The second-order valence-electron chi connectivity index (χ2n) is 6.91. The van der Waals surface area contributed by atoms with E-state index in [0.717, 1.165) is 44.8 Å². The van der Waals surface area contributed by atoms with Crippen molar-refractivity contribution < 1.29 is 4.74 Å². The Hall–Kier alpha value is -2.52. The Labute approximate surface area is 155 Å². The number of nitrogens with zero attached hydrogens (tertiary/aromatic N) is 1. The van der Waals surface area contributed by atoms with Gasteiger partial charge >= 0.3 is 0 Å². The van der Waals surface area contributed by atoms with E-state index in [9.17, 15) is 0 Å². The van der Waals surface area contributed by atoms with Gasteiger partial charge in [0.25, 0.3) is 0 Å². The van der Waals surface area contributed by atoms with E-state index < -0.39 is 0 Å². The minimum atomic E-state index is 0.922. The third-order valence-corrected chi connectivity index (χ3v) is 5.26. The minimum Gasteiger partial charge on any atom is -0.497 e. The number of hydrogen-bond donors (Lipinski definition) is 1. The van der Waals surface area contributed by atoms with Crippen LogP contribution in [0.5, 0.6) is 5.75 Å². The zero-order chi connectivity index (χ0) is 17.8. The maximum absolute atomic E-state index is 5.41. The number of fused-ring (bicyclic) bond motifs is 1. The molecule has 3 aromatic carbocycles. The van der Waals surface area contributed by atoms with Gasteiger partial charge in [0.1, 0.15) is 5.75 Å². The fraction of sp³-hybridized carbons (Fsp3) is 0.304. The quantitative estimate of drug-likeness (QED) is 0.754. The first kappa shape index (κ1) is 16.9.